The van der Waals surface area contributed by atoms with Gasteiger partial charge in [-0.3, -0.25) is 9.48 Å². The van der Waals surface area contributed by atoms with E-state index in [0.29, 0.717) is 19.6 Å². The summed E-state index contributed by atoms with van der Waals surface area (Å²) in [5.74, 6) is 0.00594. The van der Waals surface area contributed by atoms with Crippen molar-refractivity contribution >= 4 is 15.9 Å². The fourth-order valence-corrected chi connectivity index (χ4v) is 5.73. The van der Waals surface area contributed by atoms with Crippen LogP contribution >= 0.6 is 0 Å². The molecule has 3 rings (SSSR count). The van der Waals surface area contributed by atoms with Gasteiger partial charge in [0.1, 0.15) is 6.54 Å². The molecule has 1 aromatic rings. The highest BCUT2D eigenvalue weighted by atomic mass is 32.2. The van der Waals surface area contributed by atoms with E-state index in [2.05, 4.69) is 10.00 Å². The van der Waals surface area contributed by atoms with Gasteiger partial charge in [0.15, 0.2) is 0 Å². The quantitative estimate of drug-likeness (QED) is 0.626. The van der Waals surface area contributed by atoms with Gasteiger partial charge in [-0.15, -0.1) is 0 Å². The van der Waals surface area contributed by atoms with Gasteiger partial charge in [-0.2, -0.15) is 9.40 Å². The average molecular weight is 426 g/mol. The van der Waals surface area contributed by atoms with Gasteiger partial charge in [0, 0.05) is 31.4 Å². The predicted octanol–water partition coefficient (Wildman–Crippen LogP) is 1.24. The van der Waals surface area contributed by atoms with E-state index in [4.69, 9.17) is 0 Å². The Morgan fingerprint density at radius 1 is 1.21 bits per heavy atom. The third-order valence-corrected chi connectivity index (χ3v) is 7.36. The lowest BCUT2D eigenvalue weighted by molar-refractivity contribution is -0.133. The second kappa shape index (κ2) is 9.57. The monoisotopic (exact) mass is 425 g/mol. The molecule has 1 aromatic heterocycles. The van der Waals surface area contributed by atoms with E-state index in [0.717, 1.165) is 50.3 Å². The van der Waals surface area contributed by atoms with Crippen LogP contribution in [0.1, 0.15) is 43.5 Å². The Balaban J connectivity index is 1.59. The Morgan fingerprint density at radius 3 is 2.55 bits per heavy atom. The number of aromatic nitrogens is 2. The number of hydrogen-bond acceptors (Lipinski definition) is 5. The molecule has 29 heavy (non-hydrogen) atoms. The molecule has 0 aliphatic carbocycles. The third-order valence-electron chi connectivity index (χ3n) is 6.02. The topological polar surface area (TPSA) is 78.8 Å². The molecule has 0 N–H and O–H groups in total. The number of carbonyl (C=O) groups excluding carboxylic acids is 1. The van der Waals surface area contributed by atoms with Crippen LogP contribution in [-0.2, 0) is 21.4 Å². The smallest absolute Gasteiger partial charge is 0.244 e. The van der Waals surface area contributed by atoms with E-state index in [9.17, 15) is 13.2 Å². The summed E-state index contributed by atoms with van der Waals surface area (Å²) >= 11 is 0. The molecule has 2 aliphatic heterocycles. The number of nitrogens with zero attached hydrogens (tertiary/aromatic N) is 5. The predicted molar refractivity (Wildman–Crippen MR) is 113 cm³/mol. The normalized spacial score (nSPS) is 21.2. The molecule has 1 amide bonds. The van der Waals surface area contributed by atoms with Crippen LogP contribution in [-0.4, -0.2) is 89.8 Å². The zero-order chi connectivity index (χ0) is 21.0. The standard InChI is InChI=1S/C20H35N5O3S/c1-17-14-18(2)24(21-17)16-20(26)23-12-6-8-19(15-23)25(29(3,27)28)13-7-11-22-9-4-5-10-22/h14,19H,4-13,15-16H2,1-3H3. The summed E-state index contributed by atoms with van der Waals surface area (Å²) in [6.45, 7) is 8.93. The highest BCUT2D eigenvalue weighted by Crippen LogP contribution is 2.20. The van der Waals surface area contributed by atoms with Crippen LogP contribution < -0.4 is 0 Å². The molecule has 8 nitrogen and oxygen atoms in total. The first kappa shape index (κ1) is 22.2. The first-order valence-corrected chi connectivity index (χ1v) is 12.6. The van der Waals surface area contributed by atoms with E-state index in [1.54, 1.807) is 8.99 Å². The summed E-state index contributed by atoms with van der Waals surface area (Å²) in [7, 11) is -3.31. The first-order chi connectivity index (χ1) is 13.7. The molecule has 0 bridgehead atoms. The van der Waals surface area contributed by atoms with Crippen molar-refractivity contribution in [1.29, 1.82) is 0 Å². The van der Waals surface area contributed by atoms with Crippen molar-refractivity contribution in [1.82, 2.24) is 23.9 Å². The van der Waals surface area contributed by atoms with Gasteiger partial charge in [-0.1, -0.05) is 0 Å². The summed E-state index contributed by atoms with van der Waals surface area (Å²) in [5, 5.41) is 4.37. The van der Waals surface area contributed by atoms with Crippen LogP contribution in [0.3, 0.4) is 0 Å². The Hall–Kier alpha value is -1.45. The van der Waals surface area contributed by atoms with Gasteiger partial charge in [-0.05, 0) is 71.7 Å². The molecule has 0 saturated carbocycles. The average Bonchev–Trinajstić information content (AvgIpc) is 3.27. The third kappa shape index (κ3) is 6.02. The van der Waals surface area contributed by atoms with Crippen molar-refractivity contribution in [3.05, 3.63) is 17.5 Å². The van der Waals surface area contributed by atoms with Crippen molar-refractivity contribution in [3.8, 4) is 0 Å². The number of hydrogen-bond donors (Lipinski definition) is 0. The van der Waals surface area contributed by atoms with Crippen molar-refractivity contribution in [2.75, 3.05) is 45.5 Å². The van der Waals surface area contributed by atoms with Crippen LogP contribution in [0.25, 0.3) is 0 Å². The molecule has 0 radical (unpaired) electrons. The zero-order valence-electron chi connectivity index (χ0n) is 18.0. The Labute approximate surface area is 174 Å². The molecule has 2 fully saturated rings. The van der Waals surface area contributed by atoms with Crippen molar-refractivity contribution in [3.63, 3.8) is 0 Å². The molecular weight excluding hydrogens is 390 g/mol. The molecular formula is C20H35N5O3S. The van der Waals surface area contributed by atoms with Crippen LogP contribution in [0.4, 0.5) is 0 Å². The Morgan fingerprint density at radius 2 is 1.93 bits per heavy atom. The SMILES string of the molecule is Cc1cc(C)n(CC(=O)N2CCCC(N(CCCN3CCCC3)S(C)(=O)=O)C2)n1. The molecule has 164 valence electrons. The Kier molecular flexibility index (Phi) is 7.34. The number of sulfonamides is 1. The van der Waals surface area contributed by atoms with Gasteiger partial charge in [-0.25, -0.2) is 8.42 Å². The number of aryl methyl sites for hydroxylation is 2. The summed E-state index contributed by atoms with van der Waals surface area (Å²) < 4.78 is 28.3. The van der Waals surface area contributed by atoms with E-state index < -0.39 is 10.0 Å². The lowest BCUT2D eigenvalue weighted by atomic mass is 10.1. The van der Waals surface area contributed by atoms with E-state index in [-0.39, 0.29) is 18.5 Å². The van der Waals surface area contributed by atoms with Crippen molar-refractivity contribution in [2.24, 2.45) is 0 Å². The lowest BCUT2D eigenvalue weighted by Gasteiger charge is -2.38. The van der Waals surface area contributed by atoms with Gasteiger partial charge in [0.2, 0.25) is 15.9 Å². The lowest BCUT2D eigenvalue weighted by Crippen LogP contribution is -2.52. The molecule has 1 unspecified atom stereocenters. The minimum atomic E-state index is -3.31. The van der Waals surface area contributed by atoms with Crippen molar-refractivity contribution in [2.45, 2.75) is 58.5 Å². The molecule has 3 heterocycles. The summed E-state index contributed by atoms with van der Waals surface area (Å²) in [4.78, 5) is 17.0. The number of piperidine rings is 1. The fourth-order valence-electron chi connectivity index (χ4n) is 4.56. The minimum absolute atomic E-state index is 0.00594. The second-order valence-corrected chi connectivity index (χ2v) is 10.4. The summed E-state index contributed by atoms with van der Waals surface area (Å²) in [6.07, 6.45) is 6.24. The summed E-state index contributed by atoms with van der Waals surface area (Å²) in [6, 6.07) is 1.82. The zero-order valence-corrected chi connectivity index (χ0v) is 18.8. The van der Waals surface area contributed by atoms with Gasteiger partial charge in [0.05, 0.1) is 11.9 Å². The van der Waals surface area contributed by atoms with Crippen molar-refractivity contribution < 1.29 is 13.2 Å². The molecule has 1 atom stereocenters. The minimum Gasteiger partial charge on any atom is -0.339 e. The molecule has 0 spiro atoms. The van der Waals surface area contributed by atoms with Gasteiger partial charge in [0.25, 0.3) is 0 Å². The molecule has 2 saturated heterocycles. The maximum absolute atomic E-state index is 12.8. The second-order valence-electron chi connectivity index (χ2n) is 8.50. The van der Waals surface area contributed by atoms with Crippen LogP contribution in [0.2, 0.25) is 0 Å². The highest BCUT2D eigenvalue weighted by molar-refractivity contribution is 7.88. The first-order valence-electron chi connectivity index (χ1n) is 10.7. The molecule has 0 aromatic carbocycles. The molecule has 2 aliphatic rings. The van der Waals surface area contributed by atoms with Gasteiger partial charge < -0.3 is 9.80 Å². The Bertz CT molecular complexity index is 801. The highest BCUT2D eigenvalue weighted by Gasteiger charge is 2.32. The van der Waals surface area contributed by atoms with Crippen LogP contribution in [0, 0.1) is 13.8 Å². The van der Waals surface area contributed by atoms with E-state index in [1.807, 2.05) is 24.8 Å². The number of rotatable bonds is 8. The van der Waals surface area contributed by atoms with Crippen LogP contribution in [0.5, 0.6) is 0 Å². The van der Waals surface area contributed by atoms with E-state index in [1.165, 1.54) is 19.1 Å². The number of likely N-dealkylation sites (tertiary alicyclic amines) is 2. The summed E-state index contributed by atoms with van der Waals surface area (Å²) in [5.41, 5.74) is 1.86. The largest absolute Gasteiger partial charge is 0.339 e. The van der Waals surface area contributed by atoms with Crippen LogP contribution in [0.15, 0.2) is 6.07 Å². The fraction of sp³-hybridized carbons (Fsp3) is 0.800. The maximum atomic E-state index is 12.8. The maximum Gasteiger partial charge on any atom is 0.244 e. The van der Waals surface area contributed by atoms with Gasteiger partial charge >= 0.3 is 0 Å². The molecule has 9 heteroatoms. The number of amides is 1. The number of carbonyl (C=O) groups is 1. The van der Waals surface area contributed by atoms with E-state index >= 15 is 0 Å².